The average Bonchev–Trinajstić information content (AvgIpc) is 2.56. The molecule has 1 aliphatic heterocycles. The average molecular weight is 321 g/mol. The van der Waals surface area contributed by atoms with E-state index in [9.17, 15) is 9.59 Å². The molecule has 0 bridgehead atoms. The number of cyclic esters (lactones) is 1. The fourth-order valence-electron chi connectivity index (χ4n) is 2.59. The summed E-state index contributed by atoms with van der Waals surface area (Å²) in [5.74, 6) is 0.533. The lowest BCUT2D eigenvalue weighted by atomic mass is 9.83. The first-order chi connectivity index (χ1) is 11.0. The van der Waals surface area contributed by atoms with Crippen molar-refractivity contribution in [1.82, 2.24) is 5.32 Å². The standard InChI is InChI=1S/C17H23NO5/c1-5-10(2)14-15(23-17(14)20)16(19)18-9-11-6-12(21-3)8-13(7-11)22-4/h6-8,10,14-15H,5,9H2,1-4H3,(H,18,19). The van der Waals surface area contributed by atoms with Gasteiger partial charge >= 0.3 is 5.97 Å². The Balaban J connectivity index is 1.98. The van der Waals surface area contributed by atoms with Gasteiger partial charge in [0, 0.05) is 12.6 Å². The summed E-state index contributed by atoms with van der Waals surface area (Å²) in [6.07, 6.45) is 0.140. The van der Waals surface area contributed by atoms with Crippen molar-refractivity contribution in [3.8, 4) is 11.5 Å². The molecule has 1 saturated heterocycles. The number of nitrogens with one attached hydrogen (secondary N) is 1. The van der Waals surface area contributed by atoms with Crippen LogP contribution in [0.1, 0.15) is 25.8 Å². The lowest BCUT2D eigenvalue weighted by Gasteiger charge is -2.37. The van der Waals surface area contributed by atoms with Crippen LogP contribution in [0.15, 0.2) is 18.2 Å². The third-order valence-electron chi connectivity index (χ3n) is 4.23. The summed E-state index contributed by atoms with van der Waals surface area (Å²) in [7, 11) is 3.14. The van der Waals surface area contributed by atoms with Gasteiger partial charge in [-0.3, -0.25) is 9.59 Å². The van der Waals surface area contributed by atoms with Crippen molar-refractivity contribution in [2.45, 2.75) is 32.9 Å². The quantitative estimate of drug-likeness (QED) is 0.777. The fourth-order valence-corrected chi connectivity index (χ4v) is 2.59. The number of carbonyl (C=O) groups excluding carboxylic acids is 2. The van der Waals surface area contributed by atoms with E-state index in [4.69, 9.17) is 14.2 Å². The van der Waals surface area contributed by atoms with E-state index in [-0.39, 0.29) is 23.7 Å². The first-order valence-electron chi connectivity index (χ1n) is 7.70. The molecule has 0 spiro atoms. The molecule has 2 rings (SSSR count). The van der Waals surface area contributed by atoms with Crippen LogP contribution in [0.2, 0.25) is 0 Å². The summed E-state index contributed by atoms with van der Waals surface area (Å²) in [5.41, 5.74) is 0.847. The molecule has 1 amide bonds. The van der Waals surface area contributed by atoms with Gasteiger partial charge in [0.15, 0.2) is 6.10 Å². The molecule has 1 aromatic carbocycles. The van der Waals surface area contributed by atoms with Gasteiger partial charge in [0.25, 0.3) is 5.91 Å². The summed E-state index contributed by atoms with van der Waals surface area (Å²) < 4.78 is 15.4. The van der Waals surface area contributed by atoms with Crippen LogP contribution >= 0.6 is 0 Å². The van der Waals surface area contributed by atoms with Crippen molar-refractivity contribution in [2.24, 2.45) is 11.8 Å². The van der Waals surface area contributed by atoms with Crippen LogP contribution in [0.4, 0.5) is 0 Å². The molecule has 0 saturated carbocycles. The van der Waals surface area contributed by atoms with E-state index in [2.05, 4.69) is 5.32 Å². The van der Waals surface area contributed by atoms with E-state index in [1.807, 2.05) is 26.0 Å². The van der Waals surface area contributed by atoms with Gasteiger partial charge in [0.1, 0.15) is 17.4 Å². The van der Waals surface area contributed by atoms with E-state index in [0.29, 0.717) is 18.0 Å². The molecule has 1 aromatic rings. The maximum Gasteiger partial charge on any atom is 0.314 e. The molecule has 0 aromatic heterocycles. The molecule has 0 radical (unpaired) electrons. The van der Waals surface area contributed by atoms with E-state index in [1.165, 1.54) is 0 Å². The van der Waals surface area contributed by atoms with E-state index < -0.39 is 6.10 Å². The number of methoxy groups -OCH3 is 2. The van der Waals surface area contributed by atoms with Gasteiger partial charge < -0.3 is 19.5 Å². The summed E-state index contributed by atoms with van der Waals surface area (Å²) in [4.78, 5) is 23.8. The number of hydrogen-bond acceptors (Lipinski definition) is 5. The highest BCUT2D eigenvalue weighted by molar-refractivity contribution is 5.94. The summed E-state index contributed by atoms with van der Waals surface area (Å²) in [6, 6.07) is 5.40. The molecule has 126 valence electrons. The predicted octanol–water partition coefficient (Wildman–Crippen LogP) is 1.91. The third kappa shape index (κ3) is 3.75. The lowest BCUT2D eigenvalue weighted by molar-refractivity contribution is -0.193. The maximum atomic E-state index is 12.2. The second-order valence-corrected chi connectivity index (χ2v) is 5.71. The molecule has 0 aliphatic carbocycles. The summed E-state index contributed by atoms with van der Waals surface area (Å²) >= 11 is 0. The van der Waals surface area contributed by atoms with Crippen LogP contribution in [0.25, 0.3) is 0 Å². The Morgan fingerprint density at radius 3 is 2.35 bits per heavy atom. The van der Waals surface area contributed by atoms with Crippen LogP contribution < -0.4 is 14.8 Å². The molecule has 1 N–H and O–H groups in total. The minimum Gasteiger partial charge on any atom is -0.497 e. The number of esters is 1. The van der Waals surface area contributed by atoms with Crippen molar-refractivity contribution in [1.29, 1.82) is 0 Å². The minimum atomic E-state index is -0.690. The zero-order chi connectivity index (χ0) is 17.0. The van der Waals surface area contributed by atoms with Gasteiger partial charge in [-0.25, -0.2) is 0 Å². The number of benzene rings is 1. The molecule has 6 heteroatoms. The fraction of sp³-hybridized carbons (Fsp3) is 0.529. The smallest absolute Gasteiger partial charge is 0.314 e. The first-order valence-corrected chi connectivity index (χ1v) is 7.70. The molecule has 3 atom stereocenters. The Hall–Kier alpha value is -2.24. The SMILES string of the molecule is CCC(C)C1C(=O)OC1C(=O)NCc1cc(OC)cc(OC)c1. The summed E-state index contributed by atoms with van der Waals surface area (Å²) in [6.45, 7) is 4.26. The Labute approximate surface area is 136 Å². The van der Waals surface area contributed by atoms with Crippen molar-refractivity contribution < 1.29 is 23.8 Å². The molecule has 3 unspecified atom stereocenters. The van der Waals surface area contributed by atoms with Crippen LogP contribution in [0.3, 0.4) is 0 Å². The van der Waals surface area contributed by atoms with Gasteiger partial charge in [-0.15, -0.1) is 0 Å². The Morgan fingerprint density at radius 1 is 1.26 bits per heavy atom. The molecular weight excluding hydrogens is 298 g/mol. The van der Waals surface area contributed by atoms with E-state index >= 15 is 0 Å². The Bertz CT molecular complexity index is 564. The second-order valence-electron chi connectivity index (χ2n) is 5.71. The van der Waals surface area contributed by atoms with Gasteiger partial charge in [-0.1, -0.05) is 20.3 Å². The number of ether oxygens (including phenoxy) is 3. The van der Waals surface area contributed by atoms with Gasteiger partial charge in [0.05, 0.1) is 14.2 Å². The Kier molecular flexibility index (Phi) is 5.47. The topological polar surface area (TPSA) is 73.9 Å². The van der Waals surface area contributed by atoms with Crippen molar-refractivity contribution in [3.63, 3.8) is 0 Å². The van der Waals surface area contributed by atoms with Crippen molar-refractivity contribution in [2.75, 3.05) is 14.2 Å². The third-order valence-corrected chi connectivity index (χ3v) is 4.23. The van der Waals surface area contributed by atoms with Crippen LogP contribution in [-0.4, -0.2) is 32.2 Å². The second kappa shape index (κ2) is 7.35. The van der Waals surface area contributed by atoms with E-state index in [0.717, 1.165) is 12.0 Å². The zero-order valence-corrected chi connectivity index (χ0v) is 13.9. The molecular formula is C17H23NO5. The highest BCUT2D eigenvalue weighted by atomic mass is 16.6. The maximum absolute atomic E-state index is 12.2. The molecule has 6 nitrogen and oxygen atoms in total. The number of carbonyl (C=O) groups is 2. The molecule has 1 heterocycles. The van der Waals surface area contributed by atoms with Crippen molar-refractivity contribution in [3.05, 3.63) is 23.8 Å². The minimum absolute atomic E-state index is 0.129. The highest BCUT2D eigenvalue weighted by Crippen LogP contribution is 2.31. The number of rotatable bonds is 7. The van der Waals surface area contributed by atoms with Crippen LogP contribution in [0, 0.1) is 11.8 Å². The lowest BCUT2D eigenvalue weighted by Crippen LogP contribution is -2.56. The van der Waals surface area contributed by atoms with Gasteiger partial charge in [-0.05, 0) is 23.6 Å². The predicted molar refractivity (Wildman–Crippen MR) is 84.2 cm³/mol. The molecule has 1 aliphatic rings. The van der Waals surface area contributed by atoms with Gasteiger partial charge in [0.2, 0.25) is 0 Å². The highest BCUT2D eigenvalue weighted by Gasteiger charge is 2.49. The van der Waals surface area contributed by atoms with Gasteiger partial charge in [-0.2, -0.15) is 0 Å². The normalized spacial score (nSPS) is 21.0. The molecule has 1 fully saturated rings. The Morgan fingerprint density at radius 2 is 1.87 bits per heavy atom. The monoisotopic (exact) mass is 321 g/mol. The van der Waals surface area contributed by atoms with Crippen LogP contribution in [-0.2, 0) is 20.9 Å². The van der Waals surface area contributed by atoms with Crippen LogP contribution in [0.5, 0.6) is 11.5 Å². The molecule has 23 heavy (non-hydrogen) atoms. The number of amides is 1. The summed E-state index contributed by atoms with van der Waals surface area (Å²) in [5, 5.41) is 2.81. The van der Waals surface area contributed by atoms with Crippen molar-refractivity contribution >= 4 is 11.9 Å². The van der Waals surface area contributed by atoms with E-state index in [1.54, 1.807) is 20.3 Å². The zero-order valence-electron chi connectivity index (χ0n) is 13.9. The number of hydrogen-bond donors (Lipinski definition) is 1. The largest absolute Gasteiger partial charge is 0.497 e. The first kappa shape index (κ1) is 17.1.